The van der Waals surface area contributed by atoms with E-state index in [4.69, 9.17) is 9.26 Å². The monoisotopic (exact) mass is 290 g/mol. The Hall–Kier alpha value is -2.34. The lowest BCUT2D eigenvalue weighted by Crippen LogP contribution is -2.35. The van der Waals surface area contributed by atoms with Gasteiger partial charge in [0.15, 0.2) is 0 Å². The minimum Gasteiger partial charge on any atom is -0.491 e. The molecule has 0 aliphatic carbocycles. The van der Waals surface area contributed by atoms with Crippen molar-refractivity contribution in [1.29, 1.82) is 0 Å². The summed E-state index contributed by atoms with van der Waals surface area (Å²) in [5.41, 5.74) is 1.71. The minimum atomic E-state index is -0.807. The van der Waals surface area contributed by atoms with Crippen LogP contribution in [0.4, 0.5) is 0 Å². The van der Waals surface area contributed by atoms with Gasteiger partial charge in [0.2, 0.25) is 5.76 Å². The molecule has 0 bridgehead atoms. The number of amides is 1. The summed E-state index contributed by atoms with van der Waals surface area (Å²) in [6.07, 6.45) is -0.807. The van der Waals surface area contributed by atoms with Gasteiger partial charge in [-0.25, -0.2) is 0 Å². The Kier molecular flexibility index (Phi) is 4.94. The Morgan fingerprint density at radius 2 is 2.24 bits per heavy atom. The van der Waals surface area contributed by atoms with E-state index in [0.29, 0.717) is 11.4 Å². The third-order valence-corrected chi connectivity index (χ3v) is 2.78. The van der Waals surface area contributed by atoms with E-state index >= 15 is 0 Å². The van der Waals surface area contributed by atoms with Crippen LogP contribution in [0.5, 0.6) is 5.75 Å². The molecule has 1 aromatic carbocycles. The molecule has 0 fully saturated rings. The number of benzene rings is 1. The van der Waals surface area contributed by atoms with Gasteiger partial charge >= 0.3 is 0 Å². The van der Waals surface area contributed by atoms with Gasteiger partial charge in [0, 0.05) is 12.6 Å². The first-order valence-electron chi connectivity index (χ1n) is 6.63. The summed E-state index contributed by atoms with van der Waals surface area (Å²) < 4.78 is 10.3. The van der Waals surface area contributed by atoms with Crippen molar-refractivity contribution in [3.8, 4) is 5.75 Å². The predicted molar refractivity (Wildman–Crippen MR) is 76.3 cm³/mol. The number of nitrogens with zero attached hydrogens (tertiary/aromatic N) is 1. The van der Waals surface area contributed by atoms with Crippen LogP contribution in [0.2, 0.25) is 0 Å². The third-order valence-electron chi connectivity index (χ3n) is 2.78. The molecule has 21 heavy (non-hydrogen) atoms. The summed E-state index contributed by atoms with van der Waals surface area (Å²) >= 11 is 0. The van der Waals surface area contributed by atoms with Gasteiger partial charge in [-0.1, -0.05) is 17.3 Å². The van der Waals surface area contributed by atoms with Crippen LogP contribution in [0.1, 0.15) is 21.8 Å². The highest BCUT2D eigenvalue weighted by Gasteiger charge is 2.13. The highest BCUT2D eigenvalue weighted by atomic mass is 16.5. The molecule has 1 heterocycles. The third kappa shape index (κ3) is 4.61. The van der Waals surface area contributed by atoms with Gasteiger partial charge in [-0.15, -0.1) is 0 Å². The van der Waals surface area contributed by atoms with E-state index < -0.39 is 12.0 Å². The van der Waals surface area contributed by atoms with E-state index in [1.165, 1.54) is 6.07 Å². The molecular weight excluding hydrogens is 272 g/mol. The maximum absolute atomic E-state index is 11.7. The van der Waals surface area contributed by atoms with Crippen molar-refractivity contribution in [3.63, 3.8) is 0 Å². The summed E-state index contributed by atoms with van der Waals surface area (Å²) in [5, 5.41) is 16.0. The molecule has 0 aliphatic rings. The zero-order chi connectivity index (χ0) is 15.2. The lowest BCUT2D eigenvalue weighted by Gasteiger charge is -2.13. The van der Waals surface area contributed by atoms with Gasteiger partial charge in [-0.2, -0.15) is 0 Å². The Balaban J connectivity index is 1.74. The maximum atomic E-state index is 11.7. The van der Waals surface area contributed by atoms with Gasteiger partial charge in [0.1, 0.15) is 18.5 Å². The Bertz CT molecular complexity index is 609. The smallest absolute Gasteiger partial charge is 0.289 e. The van der Waals surface area contributed by atoms with Crippen molar-refractivity contribution >= 4 is 5.91 Å². The molecule has 1 atom stereocenters. The lowest BCUT2D eigenvalue weighted by molar-refractivity contribution is 0.0815. The van der Waals surface area contributed by atoms with Crippen LogP contribution in [0.25, 0.3) is 0 Å². The van der Waals surface area contributed by atoms with Gasteiger partial charge in [0.05, 0.1) is 5.69 Å². The number of nitrogens with one attached hydrogen (secondary N) is 1. The number of hydrogen-bond acceptors (Lipinski definition) is 5. The average molecular weight is 290 g/mol. The Morgan fingerprint density at radius 3 is 2.90 bits per heavy atom. The molecule has 6 nitrogen and oxygen atoms in total. The van der Waals surface area contributed by atoms with Crippen LogP contribution >= 0.6 is 0 Å². The van der Waals surface area contributed by atoms with E-state index in [-0.39, 0.29) is 18.9 Å². The van der Waals surface area contributed by atoms with Crippen LogP contribution in [0.3, 0.4) is 0 Å². The van der Waals surface area contributed by atoms with Gasteiger partial charge in [-0.05, 0) is 31.5 Å². The SMILES string of the molecule is Cc1cccc(OC[C@H](O)CNC(=O)c2cc(C)no2)c1. The molecule has 6 heteroatoms. The molecule has 0 radical (unpaired) electrons. The molecule has 2 aromatic rings. The minimum absolute atomic E-state index is 0.0738. The normalized spacial score (nSPS) is 12.0. The summed E-state index contributed by atoms with van der Waals surface area (Å²) in [7, 11) is 0. The Labute approximate surface area is 122 Å². The second kappa shape index (κ2) is 6.90. The number of carbonyl (C=O) groups is 1. The molecule has 2 N–H and O–H groups in total. The van der Waals surface area contributed by atoms with E-state index in [2.05, 4.69) is 10.5 Å². The van der Waals surface area contributed by atoms with Crippen molar-refractivity contribution in [2.24, 2.45) is 0 Å². The zero-order valence-electron chi connectivity index (χ0n) is 12.0. The summed E-state index contributed by atoms with van der Waals surface area (Å²) in [6, 6.07) is 9.07. The van der Waals surface area contributed by atoms with Gasteiger partial charge in [-0.3, -0.25) is 4.79 Å². The highest BCUT2D eigenvalue weighted by Crippen LogP contribution is 2.12. The van der Waals surface area contributed by atoms with Crippen LogP contribution < -0.4 is 10.1 Å². The zero-order valence-corrected chi connectivity index (χ0v) is 12.0. The molecule has 0 unspecified atom stereocenters. The maximum Gasteiger partial charge on any atom is 0.289 e. The largest absolute Gasteiger partial charge is 0.491 e. The summed E-state index contributed by atoms with van der Waals surface area (Å²) in [6.45, 7) is 3.86. The molecule has 112 valence electrons. The molecule has 2 rings (SSSR count). The molecule has 1 aromatic heterocycles. The van der Waals surface area contributed by atoms with Crippen LogP contribution in [0.15, 0.2) is 34.9 Å². The fourth-order valence-electron chi connectivity index (χ4n) is 1.72. The van der Waals surface area contributed by atoms with Crippen LogP contribution in [-0.4, -0.2) is 35.4 Å². The fourth-order valence-corrected chi connectivity index (χ4v) is 1.72. The van der Waals surface area contributed by atoms with E-state index in [9.17, 15) is 9.90 Å². The number of aryl methyl sites for hydroxylation is 2. The number of aliphatic hydroxyl groups excluding tert-OH is 1. The molecular formula is C15H18N2O4. The number of ether oxygens (including phenoxy) is 1. The number of rotatable bonds is 6. The number of aromatic nitrogens is 1. The quantitative estimate of drug-likeness (QED) is 0.841. The van der Waals surface area contributed by atoms with Crippen molar-refractivity contribution in [2.45, 2.75) is 20.0 Å². The lowest BCUT2D eigenvalue weighted by atomic mass is 10.2. The second-order valence-corrected chi connectivity index (χ2v) is 4.82. The van der Waals surface area contributed by atoms with E-state index in [0.717, 1.165) is 5.56 Å². The van der Waals surface area contributed by atoms with Crippen LogP contribution in [-0.2, 0) is 0 Å². The highest BCUT2D eigenvalue weighted by molar-refractivity contribution is 5.91. The molecule has 0 saturated heterocycles. The van der Waals surface area contributed by atoms with Crippen molar-refractivity contribution < 1.29 is 19.2 Å². The van der Waals surface area contributed by atoms with Crippen molar-refractivity contribution in [3.05, 3.63) is 47.3 Å². The van der Waals surface area contributed by atoms with Crippen LogP contribution in [0, 0.1) is 13.8 Å². The topological polar surface area (TPSA) is 84.6 Å². The summed E-state index contributed by atoms with van der Waals surface area (Å²) in [5.74, 6) is 0.399. The van der Waals surface area contributed by atoms with Gasteiger partial charge < -0.3 is 19.7 Å². The Morgan fingerprint density at radius 1 is 1.43 bits per heavy atom. The number of hydrogen-bond donors (Lipinski definition) is 2. The molecule has 1 amide bonds. The molecule has 0 spiro atoms. The first-order chi connectivity index (χ1) is 10.0. The first kappa shape index (κ1) is 15.1. The number of carbonyl (C=O) groups excluding carboxylic acids is 1. The molecule has 0 saturated carbocycles. The standard InChI is InChI=1S/C15H18N2O4/c1-10-4-3-5-13(6-10)20-9-12(18)8-16-15(19)14-7-11(2)17-21-14/h3-7,12,18H,8-9H2,1-2H3,(H,16,19)/t12-/m1/s1. The van der Waals surface area contributed by atoms with Gasteiger partial charge in [0.25, 0.3) is 5.91 Å². The average Bonchev–Trinajstić information content (AvgIpc) is 2.89. The van der Waals surface area contributed by atoms with E-state index in [1.807, 2.05) is 31.2 Å². The fraction of sp³-hybridized carbons (Fsp3) is 0.333. The predicted octanol–water partition coefficient (Wildman–Crippen LogP) is 1.46. The van der Waals surface area contributed by atoms with E-state index in [1.54, 1.807) is 6.92 Å². The first-order valence-corrected chi connectivity index (χ1v) is 6.63. The molecule has 0 aliphatic heterocycles. The summed E-state index contributed by atoms with van der Waals surface area (Å²) in [4.78, 5) is 11.7. The number of aliphatic hydroxyl groups is 1. The van der Waals surface area contributed by atoms with Crippen molar-refractivity contribution in [2.75, 3.05) is 13.2 Å². The van der Waals surface area contributed by atoms with Crippen molar-refractivity contribution in [1.82, 2.24) is 10.5 Å². The second-order valence-electron chi connectivity index (χ2n) is 4.82.